The van der Waals surface area contributed by atoms with Crippen molar-refractivity contribution in [2.75, 3.05) is 0 Å². The molecule has 0 aliphatic rings. The summed E-state index contributed by atoms with van der Waals surface area (Å²) in [4.78, 5) is 12.0. The molecule has 18 heavy (non-hydrogen) atoms. The molecular weight excluding hydrogens is 220 g/mol. The highest BCUT2D eigenvalue weighted by Gasteiger charge is 2.02. The molecule has 0 aliphatic carbocycles. The number of carbonyl (C=O) groups excluding carboxylic acids is 1. The summed E-state index contributed by atoms with van der Waals surface area (Å²) in [6.07, 6.45) is 12.5. The molecule has 0 atom stereocenters. The maximum Gasteiger partial charge on any atom is 0.178 e. The maximum atomic E-state index is 12.0. The summed E-state index contributed by atoms with van der Waals surface area (Å²) in [5.41, 5.74) is 2.63. The first-order valence-electron chi connectivity index (χ1n) is 7.60. The monoisotopic (exact) mass is 250 g/mol. The smallest absolute Gasteiger partial charge is 0.178 e. The second kappa shape index (κ2) is 11.3. The average Bonchev–Trinajstić information content (AvgIpc) is 2.30. The third-order valence-electron chi connectivity index (χ3n) is 2.98. The van der Waals surface area contributed by atoms with Crippen LogP contribution in [-0.2, 0) is 4.79 Å². The fourth-order valence-electron chi connectivity index (χ4n) is 2.27. The Morgan fingerprint density at radius 3 is 1.17 bits per heavy atom. The van der Waals surface area contributed by atoms with Gasteiger partial charge in [-0.15, -0.1) is 0 Å². The number of hydrogen-bond acceptors (Lipinski definition) is 1. The minimum atomic E-state index is 0.198. The highest BCUT2D eigenvalue weighted by Crippen LogP contribution is 2.15. The molecule has 0 fully saturated rings. The molecule has 0 spiro atoms. The van der Waals surface area contributed by atoms with E-state index in [1.54, 1.807) is 0 Å². The van der Waals surface area contributed by atoms with Crippen LogP contribution < -0.4 is 0 Å². The quantitative estimate of drug-likeness (QED) is 0.461. The van der Waals surface area contributed by atoms with E-state index in [0.29, 0.717) is 0 Å². The van der Waals surface area contributed by atoms with Gasteiger partial charge < -0.3 is 0 Å². The van der Waals surface area contributed by atoms with E-state index in [-0.39, 0.29) is 5.78 Å². The van der Waals surface area contributed by atoms with E-state index < -0.39 is 0 Å². The third-order valence-corrected chi connectivity index (χ3v) is 2.98. The van der Waals surface area contributed by atoms with Crippen LogP contribution in [-0.4, -0.2) is 5.78 Å². The van der Waals surface area contributed by atoms with Crippen LogP contribution in [0, 0.1) is 0 Å². The average molecular weight is 250 g/mol. The molecular formula is C17H30O. The Morgan fingerprint density at radius 1 is 0.667 bits per heavy atom. The molecule has 0 rings (SSSR count). The summed E-state index contributed by atoms with van der Waals surface area (Å²) in [5.74, 6) is 0.198. The van der Waals surface area contributed by atoms with Crippen molar-refractivity contribution in [3.05, 3.63) is 23.3 Å². The van der Waals surface area contributed by atoms with E-state index in [2.05, 4.69) is 27.7 Å². The lowest BCUT2D eigenvalue weighted by Gasteiger charge is -2.05. The minimum absolute atomic E-state index is 0.198. The first-order chi connectivity index (χ1) is 8.67. The zero-order valence-corrected chi connectivity index (χ0v) is 12.7. The van der Waals surface area contributed by atoms with Gasteiger partial charge in [0.1, 0.15) is 0 Å². The summed E-state index contributed by atoms with van der Waals surface area (Å²) in [7, 11) is 0. The number of hydrogen-bond donors (Lipinski definition) is 0. The van der Waals surface area contributed by atoms with E-state index in [4.69, 9.17) is 0 Å². The Hall–Kier alpha value is -0.850. The summed E-state index contributed by atoms with van der Waals surface area (Å²) in [6.45, 7) is 8.68. The van der Waals surface area contributed by atoms with Crippen molar-refractivity contribution < 1.29 is 4.79 Å². The van der Waals surface area contributed by atoms with Crippen molar-refractivity contribution in [2.24, 2.45) is 0 Å². The fraction of sp³-hybridized carbons (Fsp3) is 0.706. The highest BCUT2D eigenvalue weighted by molar-refractivity contribution is 6.00. The first-order valence-corrected chi connectivity index (χ1v) is 7.60. The molecule has 0 aromatic carbocycles. The molecule has 0 saturated heterocycles. The van der Waals surface area contributed by atoms with Crippen LogP contribution in [0.3, 0.4) is 0 Å². The van der Waals surface area contributed by atoms with Crippen molar-refractivity contribution in [3.63, 3.8) is 0 Å². The molecule has 0 aromatic rings. The molecule has 0 bridgehead atoms. The van der Waals surface area contributed by atoms with Crippen LogP contribution >= 0.6 is 0 Å². The van der Waals surface area contributed by atoms with Gasteiger partial charge >= 0.3 is 0 Å². The topological polar surface area (TPSA) is 17.1 Å². The van der Waals surface area contributed by atoms with Gasteiger partial charge in [0.15, 0.2) is 5.78 Å². The Balaban J connectivity index is 4.66. The molecule has 0 amide bonds. The Kier molecular flexibility index (Phi) is 10.7. The highest BCUT2D eigenvalue weighted by atomic mass is 16.1. The van der Waals surface area contributed by atoms with Gasteiger partial charge in [-0.25, -0.2) is 0 Å². The van der Waals surface area contributed by atoms with Gasteiger partial charge in [-0.3, -0.25) is 4.79 Å². The zero-order valence-electron chi connectivity index (χ0n) is 12.7. The van der Waals surface area contributed by atoms with Gasteiger partial charge in [0.25, 0.3) is 0 Å². The fourth-order valence-corrected chi connectivity index (χ4v) is 2.27. The summed E-state index contributed by atoms with van der Waals surface area (Å²) in [6, 6.07) is 0. The Labute approximate surface area is 113 Å². The molecule has 0 aliphatic heterocycles. The van der Waals surface area contributed by atoms with E-state index in [1.807, 2.05) is 12.2 Å². The van der Waals surface area contributed by atoms with Crippen LogP contribution in [0.5, 0.6) is 0 Å². The molecule has 0 unspecified atom stereocenters. The minimum Gasteiger partial charge on any atom is -0.290 e. The number of rotatable bonds is 10. The number of ketones is 1. The van der Waals surface area contributed by atoms with Crippen molar-refractivity contribution in [3.8, 4) is 0 Å². The van der Waals surface area contributed by atoms with Crippen LogP contribution in [0.2, 0.25) is 0 Å². The molecule has 0 saturated carbocycles. The molecule has 0 N–H and O–H groups in total. The maximum absolute atomic E-state index is 12.0. The molecule has 104 valence electrons. The third kappa shape index (κ3) is 8.27. The van der Waals surface area contributed by atoms with Crippen LogP contribution in [0.1, 0.15) is 79.1 Å². The first kappa shape index (κ1) is 17.2. The van der Waals surface area contributed by atoms with Crippen molar-refractivity contribution in [2.45, 2.75) is 79.1 Å². The van der Waals surface area contributed by atoms with Crippen molar-refractivity contribution >= 4 is 5.78 Å². The van der Waals surface area contributed by atoms with E-state index in [9.17, 15) is 4.79 Å². The van der Waals surface area contributed by atoms with Gasteiger partial charge in [-0.2, -0.15) is 0 Å². The van der Waals surface area contributed by atoms with E-state index in [1.165, 1.54) is 11.1 Å². The normalized spacial score (nSPS) is 10.0. The summed E-state index contributed by atoms with van der Waals surface area (Å²) < 4.78 is 0. The molecule has 1 nitrogen and oxygen atoms in total. The lowest BCUT2D eigenvalue weighted by molar-refractivity contribution is -0.110. The lowest BCUT2D eigenvalue weighted by atomic mass is 10.0. The lowest BCUT2D eigenvalue weighted by Crippen LogP contribution is -1.95. The van der Waals surface area contributed by atoms with Gasteiger partial charge in [-0.1, -0.05) is 64.5 Å². The van der Waals surface area contributed by atoms with E-state index >= 15 is 0 Å². The SMILES string of the molecule is CCCC(=CC(=O)C=C(CCC)CCC)CCC. The Bertz CT molecular complexity index is 240. The molecule has 0 aromatic heterocycles. The van der Waals surface area contributed by atoms with Crippen molar-refractivity contribution in [1.29, 1.82) is 0 Å². The largest absolute Gasteiger partial charge is 0.290 e. The molecule has 0 heterocycles. The summed E-state index contributed by atoms with van der Waals surface area (Å²) in [5, 5.41) is 0. The van der Waals surface area contributed by atoms with E-state index in [0.717, 1.165) is 51.4 Å². The molecule has 1 heteroatoms. The van der Waals surface area contributed by atoms with Gasteiger partial charge in [-0.05, 0) is 37.8 Å². The summed E-state index contributed by atoms with van der Waals surface area (Å²) >= 11 is 0. The van der Waals surface area contributed by atoms with Gasteiger partial charge in [0, 0.05) is 0 Å². The van der Waals surface area contributed by atoms with Gasteiger partial charge in [0.05, 0.1) is 0 Å². The zero-order chi connectivity index (χ0) is 13.8. The number of carbonyl (C=O) groups is 1. The standard InChI is InChI=1S/C17H30O/c1-5-9-15(10-6-2)13-17(18)14-16(11-7-3)12-8-4/h13-14H,5-12H2,1-4H3. The van der Waals surface area contributed by atoms with Crippen molar-refractivity contribution in [1.82, 2.24) is 0 Å². The Morgan fingerprint density at radius 2 is 0.944 bits per heavy atom. The second-order valence-corrected chi connectivity index (χ2v) is 5.01. The second-order valence-electron chi connectivity index (χ2n) is 5.01. The van der Waals surface area contributed by atoms with Crippen LogP contribution in [0.25, 0.3) is 0 Å². The predicted octanol–water partition coefficient (Wildman–Crippen LogP) is 5.61. The van der Waals surface area contributed by atoms with Crippen LogP contribution in [0.15, 0.2) is 23.3 Å². The predicted molar refractivity (Wildman–Crippen MR) is 80.8 cm³/mol. The van der Waals surface area contributed by atoms with Crippen LogP contribution in [0.4, 0.5) is 0 Å². The molecule has 0 radical (unpaired) electrons. The number of allylic oxidation sites excluding steroid dienone is 4. The van der Waals surface area contributed by atoms with Gasteiger partial charge in [0.2, 0.25) is 0 Å².